The summed E-state index contributed by atoms with van der Waals surface area (Å²) in [6, 6.07) is 8.14. The summed E-state index contributed by atoms with van der Waals surface area (Å²) in [5.41, 5.74) is 2.18. The van der Waals surface area contributed by atoms with Gasteiger partial charge >= 0.3 is 0 Å². The Hall–Kier alpha value is -1.51. The van der Waals surface area contributed by atoms with Gasteiger partial charge in [-0.15, -0.1) is 0 Å². The van der Waals surface area contributed by atoms with Gasteiger partial charge in [0, 0.05) is 12.2 Å². The normalized spacial score (nSPS) is 14.6. The molecule has 0 radical (unpaired) electrons. The minimum absolute atomic E-state index is 0.706. The van der Waals surface area contributed by atoms with E-state index in [1.165, 1.54) is 0 Å². The highest BCUT2D eigenvalue weighted by Crippen LogP contribution is 2.18. The van der Waals surface area contributed by atoms with Crippen molar-refractivity contribution in [2.24, 2.45) is 4.99 Å². The molecule has 15 heavy (non-hydrogen) atoms. The molecule has 0 spiro atoms. The van der Waals surface area contributed by atoms with E-state index in [1.807, 2.05) is 18.2 Å². The van der Waals surface area contributed by atoms with Gasteiger partial charge in [0.1, 0.15) is 6.61 Å². The predicted molar refractivity (Wildman–Crippen MR) is 62.6 cm³/mol. The van der Waals surface area contributed by atoms with Crippen LogP contribution in [0.1, 0.15) is 18.9 Å². The second-order valence-corrected chi connectivity index (χ2v) is 3.51. The Bertz CT molecular complexity index is 360. The molecule has 1 aromatic rings. The van der Waals surface area contributed by atoms with Crippen LogP contribution in [0.4, 0.5) is 5.69 Å². The maximum atomic E-state index is 5.47. The average molecular weight is 204 g/mol. The largest absolute Gasteiger partial charge is 0.475 e. The monoisotopic (exact) mass is 204 g/mol. The number of nitrogens with zero attached hydrogens (tertiary/aromatic N) is 1. The van der Waals surface area contributed by atoms with E-state index in [0.717, 1.165) is 36.7 Å². The molecule has 80 valence electrons. The third-order valence-corrected chi connectivity index (χ3v) is 2.31. The lowest BCUT2D eigenvalue weighted by molar-refractivity contribution is 0.348. The van der Waals surface area contributed by atoms with Crippen molar-refractivity contribution in [2.45, 2.75) is 13.3 Å². The van der Waals surface area contributed by atoms with Crippen LogP contribution in [0.25, 0.3) is 0 Å². The van der Waals surface area contributed by atoms with Crippen LogP contribution in [0, 0.1) is 0 Å². The Morgan fingerprint density at radius 2 is 2.27 bits per heavy atom. The minimum Gasteiger partial charge on any atom is -0.475 e. The number of benzene rings is 1. The first-order chi connectivity index (χ1) is 7.42. The molecule has 3 heteroatoms. The van der Waals surface area contributed by atoms with Crippen LogP contribution < -0.4 is 5.32 Å². The Labute approximate surface area is 90.2 Å². The van der Waals surface area contributed by atoms with Crippen LogP contribution in [0.3, 0.4) is 0 Å². The van der Waals surface area contributed by atoms with Gasteiger partial charge in [-0.05, 0) is 18.6 Å². The molecule has 0 bridgehead atoms. The van der Waals surface area contributed by atoms with Crippen molar-refractivity contribution in [3.8, 4) is 0 Å². The first-order valence-corrected chi connectivity index (χ1v) is 5.42. The van der Waals surface area contributed by atoms with E-state index in [1.54, 1.807) is 0 Å². The summed E-state index contributed by atoms with van der Waals surface area (Å²) in [5, 5.41) is 3.38. The van der Waals surface area contributed by atoms with Gasteiger partial charge in [-0.3, -0.25) is 0 Å². The van der Waals surface area contributed by atoms with Gasteiger partial charge in [-0.25, -0.2) is 4.99 Å². The SMILES string of the molecule is CCCNc1ccccc1C1=NCCO1. The highest BCUT2D eigenvalue weighted by atomic mass is 16.5. The van der Waals surface area contributed by atoms with Gasteiger partial charge in [0.2, 0.25) is 5.90 Å². The van der Waals surface area contributed by atoms with Gasteiger partial charge in [0.05, 0.1) is 12.1 Å². The molecule has 1 aliphatic rings. The number of ether oxygens (including phenoxy) is 1. The molecule has 1 heterocycles. The fraction of sp³-hybridized carbons (Fsp3) is 0.417. The summed E-state index contributed by atoms with van der Waals surface area (Å²) in [4.78, 5) is 4.33. The average Bonchev–Trinajstić information content (AvgIpc) is 2.80. The topological polar surface area (TPSA) is 33.6 Å². The van der Waals surface area contributed by atoms with Crippen LogP contribution in [-0.2, 0) is 4.74 Å². The molecule has 1 N–H and O–H groups in total. The Kier molecular flexibility index (Phi) is 3.22. The highest BCUT2D eigenvalue weighted by Gasteiger charge is 2.13. The molecule has 2 rings (SSSR count). The summed E-state index contributed by atoms with van der Waals surface area (Å²) in [6.45, 7) is 4.61. The Morgan fingerprint density at radius 3 is 3.00 bits per heavy atom. The summed E-state index contributed by atoms with van der Waals surface area (Å²) >= 11 is 0. The number of aliphatic imine (C=N–C) groups is 1. The van der Waals surface area contributed by atoms with Crippen LogP contribution in [0.2, 0.25) is 0 Å². The minimum atomic E-state index is 0.706. The van der Waals surface area contributed by atoms with E-state index in [0.29, 0.717) is 6.61 Å². The van der Waals surface area contributed by atoms with Gasteiger partial charge in [-0.1, -0.05) is 19.1 Å². The van der Waals surface area contributed by atoms with E-state index >= 15 is 0 Å². The molecule has 0 aliphatic carbocycles. The lowest BCUT2D eigenvalue weighted by atomic mass is 10.1. The Morgan fingerprint density at radius 1 is 1.40 bits per heavy atom. The van der Waals surface area contributed by atoms with Gasteiger partial charge in [0.15, 0.2) is 0 Å². The first-order valence-electron chi connectivity index (χ1n) is 5.42. The van der Waals surface area contributed by atoms with Crippen LogP contribution in [-0.4, -0.2) is 25.6 Å². The van der Waals surface area contributed by atoms with Crippen LogP contribution in [0.15, 0.2) is 29.3 Å². The second-order valence-electron chi connectivity index (χ2n) is 3.51. The summed E-state index contributed by atoms with van der Waals surface area (Å²) < 4.78 is 5.47. The van der Waals surface area contributed by atoms with E-state index in [9.17, 15) is 0 Å². The van der Waals surface area contributed by atoms with E-state index in [2.05, 4.69) is 23.3 Å². The third kappa shape index (κ3) is 2.29. The van der Waals surface area contributed by atoms with E-state index in [-0.39, 0.29) is 0 Å². The molecule has 0 atom stereocenters. The zero-order chi connectivity index (χ0) is 10.5. The molecule has 0 amide bonds. The van der Waals surface area contributed by atoms with Gasteiger partial charge < -0.3 is 10.1 Å². The lowest BCUT2D eigenvalue weighted by Crippen LogP contribution is -2.08. The summed E-state index contributed by atoms with van der Waals surface area (Å²) in [7, 11) is 0. The van der Waals surface area contributed by atoms with Crippen molar-refractivity contribution in [3.63, 3.8) is 0 Å². The van der Waals surface area contributed by atoms with Crippen LogP contribution in [0.5, 0.6) is 0 Å². The molecule has 1 aromatic carbocycles. The summed E-state index contributed by atoms with van der Waals surface area (Å²) in [6.07, 6.45) is 1.11. The summed E-state index contributed by atoms with van der Waals surface area (Å²) in [5.74, 6) is 0.772. The van der Waals surface area contributed by atoms with Gasteiger partial charge in [0.25, 0.3) is 0 Å². The Balaban J connectivity index is 2.21. The molecule has 3 nitrogen and oxygen atoms in total. The number of nitrogens with one attached hydrogen (secondary N) is 1. The number of anilines is 1. The smallest absolute Gasteiger partial charge is 0.218 e. The zero-order valence-electron chi connectivity index (χ0n) is 8.99. The molecule has 0 fully saturated rings. The van der Waals surface area contributed by atoms with E-state index < -0.39 is 0 Å². The fourth-order valence-corrected chi connectivity index (χ4v) is 1.58. The second kappa shape index (κ2) is 4.82. The molecule has 0 aromatic heterocycles. The zero-order valence-corrected chi connectivity index (χ0v) is 8.99. The highest BCUT2D eigenvalue weighted by molar-refractivity contribution is 6.00. The molecular weight excluding hydrogens is 188 g/mol. The number of para-hydroxylation sites is 1. The number of hydrogen-bond acceptors (Lipinski definition) is 3. The maximum absolute atomic E-state index is 5.47. The van der Waals surface area contributed by atoms with E-state index in [4.69, 9.17) is 4.74 Å². The molecule has 0 saturated carbocycles. The van der Waals surface area contributed by atoms with Crippen molar-refractivity contribution in [1.29, 1.82) is 0 Å². The van der Waals surface area contributed by atoms with Crippen molar-refractivity contribution in [1.82, 2.24) is 0 Å². The molecule has 0 saturated heterocycles. The quantitative estimate of drug-likeness (QED) is 0.816. The van der Waals surface area contributed by atoms with Crippen molar-refractivity contribution >= 4 is 11.6 Å². The van der Waals surface area contributed by atoms with Crippen molar-refractivity contribution in [3.05, 3.63) is 29.8 Å². The predicted octanol–water partition coefficient (Wildman–Crippen LogP) is 2.29. The van der Waals surface area contributed by atoms with Crippen molar-refractivity contribution < 1.29 is 4.74 Å². The van der Waals surface area contributed by atoms with Crippen LogP contribution >= 0.6 is 0 Å². The molecule has 0 unspecified atom stereocenters. The number of hydrogen-bond donors (Lipinski definition) is 1. The third-order valence-electron chi connectivity index (χ3n) is 2.31. The van der Waals surface area contributed by atoms with Crippen molar-refractivity contribution in [2.75, 3.05) is 25.0 Å². The lowest BCUT2D eigenvalue weighted by Gasteiger charge is -2.10. The maximum Gasteiger partial charge on any atom is 0.218 e. The molecular formula is C12H16N2O. The fourth-order valence-electron chi connectivity index (χ4n) is 1.58. The van der Waals surface area contributed by atoms with Gasteiger partial charge in [-0.2, -0.15) is 0 Å². The standard InChI is InChI=1S/C12H16N2O/c1-2-7-13-11-6-4-3-5-10(11)12-14-8-9-15-12/h3-6,13H,2,7-9H2,1H3. The molecule has 1 aliphatic heterocycles. The first kappa shape index (κ1) is 10.0. The number of rotatable bonds is 4.